The smallest absolute Gasteiger partial charge is 0.309 e. The van der Waals surface area contributed by atoms with Gasteiger partial charge in [-0.1, -0.05) is 47.6 Å². The van der Waals surface area contributed by atoms with Crippen LogP contribution >= 0.6 is 0 Å². The number of aliphatic hydroxyl groups excluding tert-OH is 1. The van der Waals surface area contributed by atoms with Crippen LogP contribution in [0.2, 0.25) is 0 Å². The Kier molecular flexibility index (Phi) is 5.55. The molecule has 0 amide bonds. The fourth-order valence-corrected chi connectivity index (χ4v) is 4.65. The first-order valence-corrected chi connectivity index (χ1v) is 11.0. The lowest BCUT2D eigenvalue weighted by Crippen LogP contribution is -2.49. The first-order chi connectivity index (χ1) is 15.5. The molecule has 1 fully saturated rings. The number of benzene rings is 2. The number of likely N-dealkylation sites (tertiary alicyclic amines) is 1. The van der Waals surface area contributed by atoms with E-state index in [-0.39, 0.29) is 5.92 Å². The van der Waals surface area contributed by atoms with Crippen molar-refractivity contribution in [1.29, 1.82) is 0 Å². The van der Waals surface area contributed by atoms with Crippen LogP contribution in [0.5, 0.6) is 0 Å². The molecule has 2 aromatic carbocycles. The fraction of sp³-hybridized carbons (Fsp3) is 0.360. The molecule has 0 radical (unpaired) electrons. The molecular formula is C25H27N3O4. The Hall–Kier alpha value is -3.00. The van der Waals surface area contributed by atoms with Gasteiger partial charge in [0.25, 0.3) is 0 Å². The molecule has 5 rings (SSSR count). The molecule has 2 aliphatic rings. The molecular weight excluding hydrogens is 406 g/mol. The van der Waals surface area contributed by atoms with Gasteiger partial charge in [-0.3, -0.25) is 15.0 Å². The monoisotopic (exact) mass is 433 g/mol. The average Bonchev–Trinajstić information content (AvgIpc) is 3.19. The molecule has 1 aliphatic carbocycles. The number of hydrogen-bond donors (Lipinski definition) is 3. The number of rotatable bonds is 7. The quantitative estimate of drug-likeness (QED) is 0.493. The molecule has 1 aliphatic heterocycles. The molecule has 1 atom stereocenters. The number of aliphatic carboxylic acids is 1. The number of carboxylic acid groups (broad SMARTS) is 1. The number of aryl methyl sites for hydroxylation is 2. The number of carboxylic acids is 1. The Balaban J connectivity index is 1.28. The van der Waals surface area contributed by atoms with E-state index in [1.807, 2.05) is 18.2 Å². The highest BCUT2D eigenvalue weighted by Crippen LogP contribution is 2.37. The summed E-state index contributed by atoms with van der Waals surface area (Å²) in [6.07, 6.45) is 0.724. The zero-order valence-electron chi connectivity index (χ0n) is 18.0. The van der Waals surface area contributed by atoms with Crippen LogP contribution in [0.3, 0.4) is 0 Å². The van der Waals surface area contributed by atoms with Gasteiger partial charge >= 0.3 is 5.97 Å². The minimum absolute atomic E-state index is 0.242. The standard InChI is InChI=1S/C25H27N3O4/c1-15-4-2-3-5-18(15)11-26-24(29)22-21-9-7-17-10-16(6-8-20(17)23(21)32-27-22)12-28-13-19(14-28)25(30)31/h2-6,8,10,19,24,26,29H,7,9,11-14H2,1H3,(H,30,31). The van der Waals surface area contributed by atoms with E-state index in [0.717, 1.165) is 41.8 Å². The number of nitrogens with zero attached hydrogens (tertiary/aromatic N) is 2. The van der Waals surface area contributed by atoms with E-state index >= 15 is 0 Å². The number of aliphatic hydroxyl groups is 1. The Morgan fingerprint density at radius 2 is 2.06 bits per heavy atom. The van der Waals surface area contributed by atoms with Crippen molar-refractivity contribution in [3.63, 3.8) is 0 Å². The molecule has 3 N–H and O–H groups in total. The van der Waals surface area contributed by atoms with Crippen LogP contribution in [0.25, 0.3) is 11.3 Å². The SMILES string of the molecule is Cc1ccccc1CNC(O)c1noc2c1CCc1cc(CN3CC(C(=O)O)C3)ccc1-2. The lowest BCUT2D eigenvalue weighted by Gasteiger charge is -2.36. The lowest BCUT2D eigenvalue weighted by atomic mass is 9.88. The summed E-state index contributed by atoms with van der Waals surface area (Å²) in [5.74, 6) is -0.219. The van der Waals surface area contributed by atoms with Crippen molar-refractivity contribution >= 4 is 5.97 Å². The summed E-state index contributed by atoms with van der Waals surface area (Å²) < 4.78 is 5.68. The zero-order chi connectivity index (χ0) is 22.2. The summed E-state index contributed by atoms with van der Waals surface area (Å²) in [5, 5.41) is 27.1. The van der Waals surface area contributed by atoms with E-state index < -0.39 is 12.2 Å². The number of nitrogens with one attached hydrogen (secondary N) is 1. The Labute approximate surface area is 186 Å². The Morgan fingerprint density at radius 3 is 2.84 bits per heavy atom. The van der Waals surface area contributed by atoms with Crippen molar-refractivity contribution in [2.24, 2.45) is 5.92 Å². The summed E-state index contributed by atoms with van der Waals surface area (Å²) in [5.41, 5.74) is 7.23. The first-order valence-electron chi connectivity index (χ1n) is 11.0. The molecule has 7 heteroatoms. The molecule has 0 spiro atoms. The van der Waals surface area contributed by atoms with Crippen LogP contribution in [0.4, 0.5) is 0 Å². The minimum atomic E-state index is -0.892. The Bertz CT molecular complexity index is 1150. The van der Waals surface area contributed by atoms with Crippen LogP contribution in [-0.2, 0) is 30.7 Å². The van der Waals surface area contributed by atoms with E-state index in [2.05, 4.69) is 46.6 Å². The summed E-state index contributed by atoms with van der Waals surface area (Å²) in [7, 11) is 0. The van der Waals surface area contributed by atoms with Gasteiger partial charge in [-0.05, 0) is 42.0 Å². The fourth-order valence-electron chi connectivity index (χ4n) is 4.65. The third kappa shape index (κ3) is 3.95. The van der Waals surface area contributed by atoms with E-state index in [4.69, 9.17) is 9.63 Å². The van der Waals surface area contributed by atoms with Gasteiger partial charge in [0.2, 0.25) is 0 Å². The second kappa shape index (κ2) is 8.50. The molecule has 2 heterocycles. The second-order valence-corrected chi connectivity index (χ2v) is 8.81. The van der Waals surface area contributed by atoms with Crippen LogP contribution in [0.15, 0.2) is 47.0 Å². The van der Waals surface area contributed by atoms with E-state index in [9.17, 15) is 9.90 Å². The second-order valence-electron chi connectivity index (χ2n) is 8.81. The maximum Gasteiger partial charge on any atom is 0.309 e. The van der Waals surface area contributed by atoms with Crippen molar-refractivity contribution in [1.82, 2.24) is 15.4 Å². The van der Waals surface area contributed by atoms with Gasteiger partial charge in [-0.25, -0.2) is 0 Å². The van der Waals surface area contributed by atoms with E-state index in [0.29, 0.717) is 25.3 Å². The van der Waals surface area contributed by atoms with Gasteiger partial charge in [0.1, 0.15) is 5.69 Å². The lowest BCUT2D eigenvalue weighted by molar-refractivity contribution is -0.147. The molecule has 32 heavy (non-hydrogen) atoms. The van der Waals surface area contributed by atoms with Gasteiger partial charge in [0.15, 0.2) is 12.0 Å². The van der Waals surface area contributed by atoms with Crippen molar-refractivity contribution < 1.29 is 19.5 Å². The van der Waals surface area contributed by atoms with Crippen LogP contribution in [0, 0.1) is 12.8 Å². The number of hydrogen-bond acceptors (Lipinski definition) is 6. The molecule has 1 saturated heterocycles. The molecule has 1 unspecified atom stereocenters. The van der Waals surface area contributed by atoms with Crippen LogP contribution < -0.4 is 5.32 Å². The van der Waals surface area contributed by atoms with Crippen molar-refractivity contribution in [2.45, 2.75) is 39.1 Å². The highest BCUT2D eigenvalue weighted by molar-refractivity contribution is 5.71. The normalized spacial score (nSPS) is 16.8. The molecule has 1 aromatic heterocycles. The highest BCUT2D eigenvalue weighted by Gasteiger charge is 2.33. The zero-order valence-corrected chi connectivity index (χ0v) is 18.0. The third-order valence-corrected chi connectivity index (χ3v) is 6.60. The van der Waals surface area contributed by atoms with Gasteiger partial charge < -0.3 is 14.7 Å². The molecule has 0 saturated carbocycles. The molecule has 7 nitrogen and oxygen atoms in total. The first kappa shape index (κ1) is 20.9. The predicted octanol–water partition coefficient (Wildman–Crippen LogP) is 3.05. The average molecular weight is 434 g/mol. The predicted molar refractivity (Wildman–Crippen MR) is 119 cm³/mol. The van der Waals surface area contributed by atoms with Gasteiger partial charge in [-0.15, -0.1) is 0 Å². The number of carbonyl (C=O) groups is 1. The minimum Gasteiger partial charge on any atom is -0.481 e. The van der Waals surface area contributed by atoms with E-state index in [1.54, 1.807) is 0 Å². The topological polar surface area (TPSA) is 98.8 Å². The van der Waals surface area contributed by atoms with Gasteiger partial charge in [-0.2, -0.15) is 0 Å². The number of aromatic nitrogens is 1. The molecule has 166 valence electrons. The van der Waals surface area contributed by atoms with Crippen molar-refractivity contribution in [2.75, 3.05) is 13.1 Å². The summed E-state index contributed by atoms with van der Waals surface area (Å²) >= 11 is 0. The molecule has 3 aromatic rings. The van der Waals surface area contributed by atoms with Crippen LogP contribution in [-0.4, -0.2) is 39.3 Å². The van der Waals surface area contributed by atoms with Crippen LogP contribution in [0.1, 0.15) is 39.7 Å². The largest absolute Gasteiger partial charge is 0.481 e. The highest BCUT2D eigenvalue weighted by atomic mass is 16.5. The summed E-state index contributed by atoms with van der Waals surface area (Å²) in [4.78, 5) is 13.2. The van der Waals surface area contributed by atoms with Gasteiger partial charge in [0.05, 0.1) is 5.92 Å². The third-order valence-electron chi connectivity index (χ3n) is 6.60. The summed E-state index contributed by atoms with van der Waals surface area (Å²) in [6.45, 7) is 4.58. The van der Waals surface area contributed by atoms with Gasteiger partial charge in [0, 0.05) is 37.3 Å². The summed E-state index contributed by atoms with van der Waals surface area (Å²) in [6, 6.07) is 14.4. The number of fused-ring (bicyclic) bond motifs is 3. The van der Waals surface area contributed by atoms with Crippen molar-refractivity contribution in [3.05, 3.63) is 76.0 Å². The Morgan fingerprint density at radius 1 is 1.25 bits per heavy atom. The maximum absolute atomic E-state index is 11.0. The maximum atomic E-state index is 11.0. The molecule has 0 bridgehead atoms. The van der Waals surface area contributed by atoms with E-state index in [1.165, 1.54) is 16.7 Å². The van der Waals surface area contributed by atoms with Crippen molar-refractivity contribution in [3.8, 4) is 11.3 Å².